The third kappa shape index (κ3) is 3.06. The molecule has 0 spiro atoms. The number of nitrogens with zero attached hydrogens (tertiary/aromatic N) is 1. The minimum Gasteiger partial charge on any atom is -0.253 e. The highest BCUT2D eigenvalue weighted by Crippen LogP contribution is 2.24. The maximum absolute atomic E-state index is 13.8. The Hall–Kier alpha value is -1.44. The molecule has 18 heavy (non-hydrogen) atoms. The molecule has 0 fully saturated rings. The Morgan fingerprint density at radius 1 is 1.17 bits per heavy atom. The number of hydrogen-bond donors (Lipinski definition) is 0. The maximum atomic E-state index is 13.8. The van der Waals surface area contributed by atoms with Crippen LogP contribution in [0.25, 0.3) is 10.9 Å². The van der Waals surface area contributed by atoms with Crippen molar-refractivity contribution in [1.82, 2.24) is 4.98 Å². The molecule has 0 aliphatic heterocycles. The molecule has 98 valence electrons. The summed E-state index contributed by atoms with van der Waals surface area (Å²) in [5, 5.41) is 1.02. The maximum Gasteiger partial charge on any atom is 0.128 e. The van der Waals surface area contributed by atoms with Crippen LogP contribution in [0.2, 0.25) is 0 Å². The first-order chi connectivity index (χ1) is 8.61. The molecule has 0 radical (unpaired) electrons. The van der Waals surface area contributed by atoms with Gasteiger partial charge in [-0.2, -0.15) is 0 Å². The molecule has 2 aromatic rings. The summed E-state index contributed by atoms with van der Waals surface area (Å²) in [5.74, 6) is 0.0542. The summed E-state index contributed by atoms with van der Waals surface area (Å²) in [5.41, 5.74) is 2.52. The molecule has 1 nitrogen and oxygen atoms in total. The number of benzene rings is 1. The van der Waals surface area contributed by atoms with E-state index in [-0.39, 0.29) is 11.7 Å². The van der Waals surface area contributed by atoms with Gasteiger partial charge in [0.05, 0.1) is 5.52 Å². The summed E-state index contributed by atoms with van der Waals surface area (Å²) in [7, 11) is 0. The molecule has 0 amide bonds. The van der Waals surface area contributed by atoms with Gasteiger partial charge in [0.15, 0.2) is 0 Å². The summed E-state index contributed by atoms with van der Waals surface area (Å²) in [6.45, 7) is 10.0. The molecular weight excluding hydrogens is 225 g/mol. The molecule has 1 aromatic heterocycles. The van der Waals surface area contributed by atoms with Crippen LogP contribution in [0.15, 0.2) is 24.3 Å². The summed E-state index contributed by atoms with van der Waals surface area (Å²) < 4.78 is 13.8. The van der Waals surface area contributed by atoms with Crippen molar-refractivity contribution in [2.24, 2.45) is 0 Å². The zero-order chi connectivity index (χ0) is 13.7. The molecule has 1 heterocycles. The Balaban J connectivity index is 0.000000771. The molecular formula is C16H22FN. The van der Waals surface area contributed by atoms with Gasteiger partial charge in [-0.1, -0.05) is 40.7 Å². The van der Waals surface area contributed by atoms with Crippen LogP contribution in [0.3, 0.4) is 0 Å². The molecule has 2 rings (SSSR count). The third-order valence-corrected chi connectivity index (χ3v) is 2.85. The highest BCUT2D eigenvalue weighted by atomic mass is 19.1. The van der Waals surface area contributed by atoms with Gasteiger partial charge in [-0.25, -0.2) is 4.39 Å². The molecule has 0 atom stereocenters. The smallest absolute Gasteiger partial charge is 0.128 e. The Kier molecular flexibility index (Phi) is 5.26. The van der Waals surface area contributed by atoms with Crippen molar-refractivity contribution in [1.29, 1.82) is 0 Å². The normalized spacial score (nSPS) is 10.4. The molecule has 0 saturated heterocycles. The Morgan fingerprint density at radius 2 is 1.83 bits per heavy atom. The number of pyridine rings is 1. The van der Waals surface area contributed by atoms with Gasteiger partial charge in [-0.15, -0.1) is 0 Å². The van der Waals surface area contributed by atoms with Gasteiger partial charge in [-0.3, -0.25) is 4.98 Å². The number of aromatic nitrogens is 1. The van der Waals surface area contributed by atoms with E-state index in [0.717, 1.165) is 28.6 Å². The van der Waals surface area contributed by atoms with Crippen molar-refractivity contribution in [2.45, 2.75) is 47.0 Å². The topological polar surface area (TPSA) is 12.9 Å². The second-order valence-corrected chi connectivity index (χ2v) is 4.38. The van der Waals surface area contributed by atoms with Gasteiger partial charge in [0, 0.05) is 17.1 Å². The SMILES string of the molecule is CC.CCc1ccc2cc(C(C)C)c(F)cc2n1. The van der Waals surface area contributed by atoms with Crippen molar-refractivity contribution in [3.8, 4) is 0 Å². The largest absolute Gasteiger partial charge is 0.253 e. The van der Waals surface area contributed by atoms with Crippen LogP contribution in [0.5, 0.6) is 0 Å². The standard InChI is InChI=1S/C14H16FN.C2H6/c1-4-11-6-5-10-7-12(9(2)3)13(15)8-14(10)16-11;1-2/h5-9H,4H2,1-3H3;1-2H3. The first-order valence-corrected chi connectivity index (χ1v) is 6.71. The number of aryl methyl sites for hydroxylation is 1. The lowest BCUT2D eigenvalue weighted by atomic mass is 10.00. The molecule has 0 saturated carbocycles. The van der Waals surface area contributed by atoms with Crippen LogP contribution in [0.4, 0.5) is 4.39 Å². The van der Waals surface area contributed by atoms with Gasteiger partial charge in [0.25, 0.3) is 0 Å². The summed E-state index contributed by atoms with van der Waals surface area (Å²) in [6.07, 6.45) is 0.878. The predicted octanol–water partition coefficient (Wildman–Crippen LogP) is 5.09. The lowest BCUT2D eigenvalue weighted by Gasteiger charge is -2.09. The monoisotopic (exact) mass is 247 g/mol. The summed E-state index contributed by atoms with van der Waals surface area (Å²) in [6, 6.07) is 7.47. The van der Waals surface area contributed by atoms with E-state index in [1.54, 1.807) is 6.07 Å². The second kappa shape index (κ2) is 6.48. The molecule has 0 N–H and O–H groups in total. The molecule has 0 aliphatic rings. The quantitative estimate of drug-likeness (QED) is 0.720. The van der Waals surface area contributed by atoms with Crippen LogP contribution in [-0.4, -0.2) is 4.98 Å². The molecule has 0 unspecified atom stereocenters. The van der Waals surface area contributed by atoms with Crippen LogP contribution in [0, 0.1) is 5.82 Å². The van der Waals surface area contributed by atoms with Gasteiger partial charge in [-0.05, 0) is 30.0 Å². The summed E-state index contributed by atoms with van der Waals surface area (Å²) in [4.78, 5) is 4.41. The number of rotatable bonds is 2. The Morgan fingerprint density at radius 3 is 2.39 bits per heavy atom. The first-order valence-electron chi connectivity index (χ1n) is 6.71. The number of halogens is 1. The van der Waals surface area contributed by atoms with Gasteiger partial charge in [0.2, 0.25) is 0 Å². The van der Waals surface area contributed by atoms with Crippen molar-refractivity contribution >= 4 is 10.9 Å². The van der Waals surface area contributed by atoms with Crippen LogP contribution in [0.1, 0.15) is 51.8 Å². The van der Waals surface area contributed by atoms with E-state index < -0.39 is 0 Å². The third-order valence-electron chi connectivity index (χ3n) is 2.85. The average Bonchev–Trinajstić information content (AvgIpc) is 2.39. The van der Waals surface area contributed by atoms with E-state index in [1.165, 1.54) is 0 Å². The summed E-state index contributed by atoms with van der Waals surface area (Å²) >= 11 is 0. The molecule has 0 aliphatic carbocycles. The number of hydrogen-bond acceptors (Lipinski definition) is 1. The fraction of sp³-hybridized carbons (Fsp3) is 0.438. The van der Waals surface area contributed by atoms with Crippen molar-refractivity contribution in [3.63, 3.8) is 0 Å². The lowest BCUT2D eigenvalue weighted by Crippen LogP contribution is -1.95. The molecule has 0 bridgehead atoms. The van der Waals surface area contributed by atoms with E-state index in [0.29, 0.717) is 0 Å². The van der Waals surface area contributed by atoms with Gasteiger partial charge in [0.1, 0.15) is 5.82 Å². The predicted molar refractivity (Wildman–Crippen MR) is 76.5 cm³/mol. The molecule has 1 aromatic carbocycles. The fourth-order valence-corrected chi connectivity index (χ4v) is 1.84. The lowest BCUT2D eigenvalue weighted by molar-refractivity contribution is 0.600. The minimum atomic E-state index is -0.150. The van der Waals surface area contributed by atoms with Crippen molar-refractivity contribution in [3.05, 3.63) is 41.3 Å². The minimum absolute atomic E-state index is 0.150. The van der Waals surface area contributed by atoms with Crippen molar-refractivity contribution < 1.29 is 4.39 Å². The average molecular weight is 247 g/mol. The van der Waals surface area contributed by atoms with E-state index >= 15 is 0 Å². The highest BCUT2D eigenvalue weighted by Gasteiger charge is 2.09. The second-order valence-electron chi connectivity index (χ2n) is 4.38. The van der Waals surface area contributed by atoms with Gasteiger partial charge >= 0.3 is 0 Å². The zero-order valence-corrected chi connectivity index (χ0v) is 11.9. The van der Waals surface area contributed by atoms with E-state index in [1.807, 2.05) is 52.8 Å². The van der Waals surface area contributed by atoms with Gasteiger partial charge < -0.3 is 0 Å². The highest BCUT2D eigenvalue weighted by molar-refractivity contribution is 5.79. The van der Waals surface area contributed by atoms with Crippen molar-refractivity contribution in [2.75, 3.05) is 0 Å². The Bertz CT molecular complexity index is 518. The Labute approximate surface area is 109 Å². The van der Waals surface area contributed by atoms with Crippen LogP contribution < -0.4 is 0 Å². The van der Waals surface area contributed by atoms with Crippen LogP contribution >= 0.6 is 0 Å². The van der Waals surface area contributed by atoms with E-state index in [2.05, 4.69) is 4.98 Å². The van der Waals surface area contributed by atoms with E-state index in [9.17, 15) is 4.39 Å². The zero-order valence-electron chi connectivity index (χ0n) is 11.9. The number of fused-ring (bicyclic) bond motifs is 1. The van der Waals surface area contributed by atoms with Crippen LogP contribution in [-0.2, 0) is 6.42 Å². The fourth-order valence-electron chi connectivity index (χ4n) is 1.84. The molecule has 2 heteroatoms. The first kappa shape index (κ1) is 14.6. The van der Waals surface area contributed by atoms with E-state index in [4.69, 9.17) is 0 Å².